The molecule has 0 heterocycles. The predicted molar refractivity (Wildman–Crippen MR) is 37.5 cm³/mol. The summed E-state index contributed by atoms with van der Waals surface area (Å²) in [6.45, 7) is -2.91. The van der Waals surface area contributed by atoms with E-state index in [1.807, 2.05) is 0 Å². The van der Waals surface area contributed by atoms with E-state index in [4.69, 9.17) is 11.6 Å². The number of nitrogens with zero attached hydrogens (tertiary/aromatic N) is 1. The molecule has 0 saturated heterocycles. The van der Waals surface area contributed by atoms with Gasteiger partial charge in [0, 0.05) is 0 Å². The second-order valence-electron chi connectivity index (χ2n) is 1.53. The van der Waals surface area contributed by atoms with E-state index >= 15 is 0 Å². The number of alkyl halides is 2. The molecule has 0 aliphatic heterocycles. The highest BCUT2D eigenvalue weighted by Crippen LogP contribution is 2.11. The van der Waals surface area contributed by atoms with Gasteiger partial charge in [0.25, 0.3) is 10.1 Å². The molecule has 0 rings (SSSR count). The Balaban J connectivity index is 4.33. The van der Waals surface area contributed by atoms with Gasteiger partial charge in [-0.2, -0.15) is 17.0 Å². The number of aldehydes is 1. The zero-order valence-electron chi connectivity index (χ0n) is 5.79. The number of rotatable bonds is 6. The summed E-state index contributed by atoms with van der Waals surface area (Å²) in [5, 5.41) is 1.56. The van der Waals surface area contributed by atoms with Crippen molar-refractivity contribution in [3.63, 3.8) is 0 Å². The molecule has 0 aliphatic rings. The van der Waals surface area contributed by atoms with Crippen LogP contribution in [0.4, 0.5) is 4.39 Å². The van der Waals surface area contributed by atoms with Crippen LogP contribution in [0.15, 0.2) is 5.34 Å². The summed E-state index contributed by atoms with van der Waals surface area (Å²) in [5.74, 6) is 0. The molecule has 0 bridgehead atoms. The van der Waals surface area contributed by atoms with Crippen LogP contribution in [0.1, 0.15) is 0 Å². The first-order chi connectivity index (χ1) is 5.94. The maximum absolute atomic E-state index is 12.1. The largest absolute Gasteiger partial charge is 0.391 e. The first-order valence-corrected chi connectivity index (χ1v) is 4.49. The smallest absolute Gasteiger partial charge is 0.300 e. The quantitative estimate of drug-likeness (QED) is 0.161. The molecule has 2 atom stereocenters. The maximum Gasteiger partial charge on any atom is 0.391 e. The van der Waals surface area contributed by atoms with Crippen LogP contribution in [0.3, 0.4) is 0 Å². The van der Waals surface area contributed by atoms with Gasteiger partial charge in [0.15, 0.2) is 11.6 Å². The van der Waals surface area contributed by atoms with Crippen molar-refractivity contribution in [3.8, 4) is 0 Å². The SMILES string of the molecule is O=CC(Cl)S(=O)(=O)OC(F)ON=O. The molecule has 13 heavy (non-hydrogen) atoms. The topological polar surface area (TPSA) is 99.1 Å². The van der Waals surface area contributed by atoms with Crippen LogP contribution in [0.2, 0.25) is 0 Å². The average molecular weight is 236 g/mol. The lowest BCUT2D eigenvalue weighted by atomic mass is 10.9. The van der Waals surface area contributed by atoms with Crippen molar-refractivity contribution in [1.82, 2.24) is 0 Å². The van der Waals surface area contributed by atoms with E-state index in [2.05, 4.69) is 9.02 Å². The summed E-state index contributed by atoms with van der Waals surface area (Å²) in [6, 6.07) is 0. The lowest BCUT2D eigenvalue weighted by Crippen LogP contribution is -2.24. The highest BCUT2D eigenvalue weighted by atomic mass is 35.5. The predicted octanol–water partition coefficient (Wildman–Crippen LogP) is 0.0477. The van der Waals surface area contributed by atoms with E-state index in [0.717, 1.165) is 0 Å². The first kappa shape index (κ1) is 12.2. The monoisotopic (exact) mass is 235 g/mol. The molecule has 0 aromatic rings. The Kier molecular flexibility index (Phi) is 4.73. The summed E-state index contributed by atoms with van der Waals surface area (Å²) in [4.78, 5) is 22.3. The Morgan fingerprint density at radius 1 is 1.54 bits per heavy atom. The minimum atomic E-state index is -4.63. The molecule has 0 aromatic heterocycles. The van der Waals surface area contributed by atoms with E-state index in [-0.39, 0.29) is 6.29 Å². The van der Waals surface area contributed by atoms with E-state index in [0.29, 0.717) is 0 Å². The molecule has 0 aliphatic carbocycles. The van der Waals surface area contributed by atoms with E-state index < -0.39 is 21.4 Å². The van der Waals surface area contributed by atoms with Crippen molar-refractivity contribution in [2.45, 2.75) is 11.3 Å². The summed E-state index contributed by atoms with van der Waals surface area (Å²) in [6.07, 6.45) is -0.196. The van der Waals surface area contributed by atoms with Crippen LogP contribution >= 0.6 is 11.6 Å². The normalized spacial score (nSPS) is 15.8. The van der Waals surface area contributed by atoms with Gasteiger partial charge < -0.3 is 4.79 Å². The van der Waals surface area contributed by atoms with Gasteiger partial charge in [0.1, 0.15) is 0 Å². The zero-order valence-corrected chi connectivity index (χ0v) is 7.37. The molecule has 76 valence electrons. The third-order valence-electron chi connectivity index (χ3n) is 0.718. The molecular weight excluding hydrogens is 233 g/mol. The summed E-state index contributed by atoms with van der Waals surface area (Å²) >= 11 is 4.89. The fourth-order valence-corrected chi connectivity index (χ4v) is 0.892. The van der Waals surface area contributed by atoms with Crippen molar-refractivity contribution < 1.29 is 26.6 Å². The molecule has 7 nitrogen and oxygen atoms in total. The van der Waals surface area contributed by atoms with Crippen LogP contribution < -0.4 is 0 Å². The van der Waals surface area contributed by atoms with E-state index in [1.54, 1.807) is 5.34 Å². The van der Waals surface area contributed by atoms with Crippen LogP contribution in [0.25, 0.3) is 0 Å². The molecule has 0 spiro atoms. The highest BCUT2D eigenvalue weighted by molar-refractivity contribution is 7.89. The summed E-state index contributed by atoms with van der Waals surface area (Å²) in [7, 11) is -4.63. The third kappa shape index (κ3) is 4.10. The van der Waals surface area contributed by atoms with E-state index in [1.165, 1.54) is 0 Å². The first-order valence-electron chi connectivity index (χ1n) is 2.58. The third-order valence-corrected chi connectivity index (χ3v) is 2.56. The standard InChI is InChI=1S/C3H3ClFNO6S/c4-2(1-7)13(9,10)12-3(5)11-6-8/h1-3H. The molecular formula is C3H3ClFNO6S. The van der Waals surface area contributed by atoms with Crippen LogP contribution in [-0.2, 0) is 23.9 Å². The minimum Gasteiger partial charge on any atom is -0.300 e. The second-order valence-corrected chi connectivity index (χ2v) is 3.95. The Bertz CT molecular complexity index is 280. The fraction of sp³-hybridized carbons (Fsp3) is 0.667. The number of hydrogen-bond acceptors (Lipinski definition) is 7. The minimum absolute atomic E-state index is 0.196. The Morgan fingerprint density at radius 3 is 2.46 bits per heavy atom. The van der Waals surface area contributed by atoms with E-state index in [9.17, 15) is 22.5 Å². The van der Waals surface area contributed by atoms with Gasteiger partial charge >= 0.3 is 6.54 Å². The van der Waals surface area contributed by atoms with Crippen LogP contribution in [0, 0.1) is 4.91 Å². The Morgan fingerprint density at radius 2 is 2.08 bits per heavy atom. The Hall–Kier alpha value is -0.800. The second kappa shape index (κ2) is 5.04. The molecule has 0 N–H and O–H groups in total. The lowest BCUT2D eigenvalue weighted by Gasteiger charge is -2.06. The summed E-state index contributed by atoms with van der Waals surface area (Å²) in [5.41, 5.74) is 0. The lowest BCUT2D eigenvalue weighted by molar-refractivity contribution is -0.163. The van der Waals surface area contributed by atoms with Crippen molar-refractivity contribution in [2.75, 3.05) is 0 Å². The van der Waals surface area contributed by atoms with Crippen molar-refractivity contribution in [2.24, 2.45) is 5.34 Å². The number of hydrogen-bond donors (Lipinski definition) is 0. The number of carbonyl (C=O) groups excluding carboxylic acids is 1. The van der Waals surface area contributed by atoms with Gasteiger partial charge in [0.05, 0.1) is 0 Å². The highest BCUT2D eigenvalue weighted by Gasteiger charge is 2.28. The molecule has 0 fully saturated rings. The number of carbonyl (C=O) groups is 1. The fourth-order valence-electron chi connectivity index (χ4n) is 0.278. The molecule has 0 saturated carbocycles. The zero-order chi connectivity index (χ0) is 10.5. The summed E-state index contributed by atoms with van der Waals surface area (Å²) < 4.78 is 34.7. The van der Waals surface area contributed by atoms with Crippen molar-refractivity contribution >= 4 is 28.0 Å². The molecule has 0 aromatic carbocycles. The average Bonchev–Trinajstić information content (AvgIpc) is 2.02. The van der Waals surface area contributed by atoms with Crippen molar-refractivity contribution in [1.29, 1.82) is 0 Å². The number of halogens is 2. The Labute approximate surface area is 76.8 Å². The molecule has 0 amide bonds. The maximum atomic E-state index is 12.1. The molecule has 2 unspecified atom stereocenters. The van der Waals surface area contributed by atoms with Gasteiger partial charge in [-0.1, -0.05) is 11.6 Å². The molecule has 0 radical (unpaired) electrons. The van der Waals surface area contributed by atoms with Gasteiger partial charge in [-0.05, 0) is 0 Å². The molecule has 10 heteroatoms. The van der Waals surface area contributed by atoms with Crippen LogP contribution in [-0.4, -0.2) is 26.0 Å². The van der Waals surface area contributed by atoms with Crippen molar-refractivity contribution in [3.05, 3.63) is 4.91 Å². The van der Waals surface area contributed by atoms with Gasteiger partial charge in [-0.25, -0.2) is 0 Å². The van der Waals surface area contributed by atoms with Gasteiger partial charge in [-0.15, -0.1) is 4.91 Å². The van der Waals surface area contributed by atoms with Gasteiger partial charge in [-0.3, -0.25) is 4.84 Å². The van der Waals surface area contributed by atoms with Crippen LogP contribution in [0.5, 0.6) is 0 Å². The van der Waals surface area contributed by atoms with Gasteiger partial charge in [0.2, 0.25) is 4.71 Å².